The molecular weight excluding hydrogens is 212 g/mol. The van der Waals surface area contributed by atoms with Gasteiger partial charge in [0.2, 0.25) is 0 Å². The van der Waals surface area contributed by atoms with E-state index in [0.717, 1.165) is 5.92 Å². The molecule has 0 nitrogen and oxygen atoms in total. The second-order valence-corrected chi connectivity index (χ2v) is 6.01. The average molecular weight is 229 g/mol. The number of hydrogen-bond donors (Lipinski definition) is 0. The Morgan fingerprint density at radius 3 is 2.86 bits per heavy atom. The summed E-state index contributed by atoms with van der Waals surface area (Å²) in [6, 6.07) is 2.31. The molecule has 78 valence electrons. The lowest BCUT2D eigenvalue weighted by Crippen LogP contribution is -2.21. The molecule has 14 heavy (non-hydrogen) atoms. The molecule has 0 radical (unpaired) electrons. The molecule has 1 fully saturated rings. The van der Waals surface area contributed by atoms with Crippen LogP contribution in [0.2, 0.25) is 0 Å². The minimum absolute atomic E-state index is 0.420. The van der Waals surface area contributed by atoms with Gasteiger partial charge in [0.05, 0.1) is 0 Å². The van der Waals surface area contributed by atoms with Gasteiger partial charge in [-0.2, -0.15) is 0 Å². The molecule has 2 rings (SSSR count). The maximum Gasteiger partial charge on any atom is 0.0367 e. The Hall–Kier alpha value is -0.0100. The molecule has 0 aliphatic heterocycles. The van der Waals surface area contributed by atoms with Crippen LogP contribution in [-0.2, 0) is 6.42 Å². The predicted octanol–water partition coefficient (Wildman–Crippen LogP) is 4.40. The molecule has 1 heterocycles. The Kier molecular flexibility index (Phi) is 3.51. The second-order valence-electron chi connectivity index (χ2n) is 4.33. The van der Waals surface area contributed by atoms with Crippen molar-refractivity contribution < 1.29 is 0 Å². The van der Waals surface area contributed by atoms with Crippen molar-refractivity contribution in [2.75, 3.05) is 0 Å². The number of thiophene rings is 1. The molecule has 2 atom stereocenters. The quantitative estimate of drug-likeness (QED) is 0.659. The topological polar surface area (TPSA) is 0 Å². The number of hydrogen-bond acceptors (Lipinski definition) is 1. The third-order valence-corrected chi connectivity index (χ3v) is 4.58. The molecule has 1 aromatic rings. The maximum absolute atomic E-state index is 6.34. The molecule has 0 bridgehead atoms. The zero-order chi connectivity index (χ0) is 9.97. The van der Waals surface area contributed by atoms with Crippen molar-refractivity contribution in [1.29, 1.82) is 0 Å². The molecule has 2 unspecified atom stereocenters. The number of halogens is 1. The van der Waals surface area contributed by atoms with Crippen molar-refractivity contribution in [3.8, 4) is 0 Å². The average Bonchev–Trinajstić information content (AvgIpc) is 2.56. The van der Waals surface area contributed by atoms with E-state index in [1.54, 1.807) is 0 Å². The fourth-order valence-electron chi connectivity index (χ4n) is 2.30. The van der Waals surface area contributed by atoms with E-state index in [1.807, 2.05) is 11.3 Å². The highest BCUT2D eigenvalue weighted by molar-refractivity contribution is 7.10. The van der Waals surface area contributed by atoms with E-state index in [2.05, 4.69) is 18.4 Å². The molecule has 0 spiro atoms. The van der Waals surface area contributed by atoms with Gasteiger partial charge < -0.3 is 0 Å². The molecule has 1 aromatic heterocycles. The van der Waals surface area contributed by atoms with E-state index >= 15 is 0 Å². The van der Waals surface area contributed by atoms with Crippen LogP contribution in [0.15, 0.2) is 11.4 Å². The third kappa shape index (κ3) is 2.52. The lowest BCUT2D eigenvalue weighted by molar-refractivity contribution is 0.364. The van der Waals surface area contributed by atoms with E-state index in [1.165, 1.54) is 42.5 Å². The van der Waals surface area contributed by atoms with Crippen molar-refractivity contribution in [2.45, 2.75) is 44.4 Å². The summed E-state index contributed by atoms with van der Waals surface area (Å²) in [5, 5.41) is 2.71. The Bertz CT molecular complexity index is 292. The maximum atomic E-state index is 6.34. The molecule has 0 N–H and O–H groups in total. The molecule has 0 saturated heterocycles. The van der Waals surface area contributed by atoms with Gasteiger partial charge in [-0.1, -0.05) is 12.8 Å². The molecule has 1 saturated carbocycles. The van der Waals surface area contributed by atoms with Crippen molar-refractivity contribution >= 4 is 22.9 Å². The van der Waals surface area contributed by atoms with Crippen LogP contribution in [0.4, 0.5) is 0 Å². The first kappa shape index (κ1) is 10.5. The Morgan fingerprint density at radius 1 is 1.43 bits per heavy atom. The third-order valence-electron chi connectivity index (χ3n) is 3.10. The largest absolute Gasteiger partial charge is 0.149 e. The van der Waals surface area contributed by atoms with Crippen LogP contribution < -0.4 is 0 Å². The van der Waals surface area contributed by atoms with Crippen LogP contribution >= 0.6 is 22.9 Å². The van der Waals surface area contributed by atoms with Gasteiger partial charge in [-0.3, -0.25) is 0 Å². The summed E-state index contributed by atoms with van der Waals surface area (Å²) < 4.78 is 0. The zero-order valence-corrected chi connectivity index (χ0v) is 10.2. The molecule has 1 aliphatic carbocycles. The van der Waals surface area contributed by atoms with Crippen molar-refractivity contribution in [3.05, 3.63) is 21.9 Å². The van der Waals surface area contributed by atoms with E-state index in [-0.39, 0.29) is 0 Å². The minimum Gasteiger partial charge on any atom is -0.149 e. The van der Waals surface area contributed by atoms with Crippen LogP contribution in [-0.4, -0.2) is 5.38 Å². The van der Waals surface area contributed by atoms with Gasteiger partial charge in [-0.05, 0) is 49.1 Å². The minimum atomic E-state index is 0.420. The summed E-state index contributed by atoms with van der Waals surface area (Å²) in [4.78, 5) is 1.42. The van der Waals surface area contributed by atoms with Gasteiger partial charge in [0.15, 0.2) is 0 Å². The Labute approximate surface area is 95.3 Å². The summed E-state index contributed by atoms with van der Waals surface area (Å²) >= 11 is 8.19. The molecular formula is C12H17ClS. The molecule has 1 aliphatic rings. The highest BCUT2D eigenvalue weighted by atomic mass is 35.5. The number of aryl methyl sites for hydroxylation is 1. The van der Waals surface area contributed by atoms with E-state index in [9.17, 15) is 0 Å². The van der Waals surface area contributed by atoms with E-state index < -0.39 is 0 Å². The smallest absolute Gasteiger partial charge is 0.0367 e. The van der Waals surface area contributed by atoms with Gasteiger partial charge in [-0.15, -0.1) is 22.9 Å². The lowest BCUT2D eigenvalue weighted by atomic mass is 9.85. The molecule has 0 amide bonds. The van der Waals surface area contributed by atoms with Crippen LogP contribution in [0.25, 0.3) is 0 Å². The first-order valence-corrected chi connectivity index (χ1v) is 6.75. The normalized spacial score (nSPS) is 27.9. The highest BCUT2D eigenvalue weighted by Gasteiger charge is 2.23. The SMILES string of the molecule is Cc1cc(CC2CCCCC2Cl)cs1. The zero-order valence-electron chi connectivity index (χ0n) is 8.63. The van der Waals surface area contributed by atoms with Crippen LogP contribution in [0.3, 0.4) is 0 Å². The number of rotatable bonds is 2. The fourth-order valence-corrected chi connectivity index (χ4v) is 3.39. The van der Waals surface area contributed by atoms with Crippen molar-refractivity contribution in [1.82, 2.24) is 0 Å². The summed E-state index contributed by atoms with van der Waals surface area (Å²) in [6.07, 6.45) is 6.43. The van der Waals surface area contributed by atoms with E-state index in [0.29, 0.717) is 5.38 Å². The molecule has 2 heteroatoms. The van der Waals surface area contributed by atoms with Gasteiger partial charge in [-0.25, -0.2) is 0 Å². The van der Waals surface area contributed by atoms with Crippen LogP contribution in [0.5, 0.6) is 0 Å². The van der Waals surface area contributed by atoms with Gasteiger partial charge >= 0.3 is 0 Å². The summed E-state index contributed by atoms with van der Waals surface area (Å²) in [7, 11) is 0. The fraction of sp³-hybridized carbons (Fsp3) is 0.667. The van der Waals surface area contributed by atoms with Gasteiger partial charge in [0.1, 0.15) is 0 Å². The lowest BCUT2D eigenvalue weighted by Gasteiger charge is -2.26. The van der Waals surface area contributed by atoms with Crippen LogP contribution in [0.1, 0.15) is 36.1 Å². The summed E-state index contributed by atoms with van der Waals surface area (Å²) in [5.41, 5.74) is 1.49. The summed E-state index contributed by atoms with van der Waals surface area (Å²) in [5.74, 6) is 0.722. The Morgan fingerprint density at radius 2 is 2.21 bits per heavy atom. The number of alkyl halides is 1. The van der Waals surface area contributed by atoms with Gasteiger partial charge in [0.25, 0.3) is 0 Å². The van der Waals surface area contributed by atoms with E-state index in [4.69, 9.17) is 11.6 Å². The monoisotopic (exact) mass is 228 g/mol. The van der Waals surface area contributed by atoms with Crippen molar-refractivity contribution in [2.24, 2.45) is 5.92 Å². The first-order valence-electron chi connectivity index (χ1n) is 5.44. The standard InChI is InChI=1S/C12H17ClS/c1-9-6-10(8-14-9)7-11-4-2-3-5-12(11)13/h6,8,11-12H,2-5,7H2,1H3. The molecule has 0 aromatic carbocycles. The highest BCUT2D eigenvalue weighted by Crippen LogP contribution is 2.32. The second kappa shape index (κ2) is 4.67. The predicted molar refractivity (Wildman–Crippen MR) is 64.4 cm³/mol. The van der Waals surface area contributed by atoms with Crippen molar-refractivity contribution in [3.63, 3.8) is 0 Å². The van der Waals surface area contributed by atoms with Gasteiger partial charge in [0, 0.05) is 10.3 Å². The van der Waals surface area contributed by atoms with Crippen LogP contribution in [0, 0.1) is 12.8 Å². The Balaban J connectivity index is 1.95. The summed E-state index contributed by atoms with van der Waals surface area (Å²) in [6.45, 7) is 2.17. The first-order chi connectivity index (χ1) is 6.75.